The first-order valence-electron chi connectivity index (χ1n) is 8.11. The summed E-state index contributed by atoms with van der Waals surface area (Å²) in [6, 6.07) is 9.58. The van der Waals surface area contributed by atoms with Crippen molar-refractivity contribution in [1.29, 1.82) is 0 Å². The van der Waals surface area contributed by atoms with Gasteiger partial charge in [-0.2, -0.15) is 0 Å². The standard InChI is InChI=1S/C17H22N4O3/c1-3-23-15(13-7-5-4-6-8-13)17(22)21-9-10-24-14(11-21)16-19-18-12-20(16)2/h4-8,12,14-15H,3,9-11H2,1-2H3/t14-,15+/m1/s1. The lowest BCUT2D eigenvalue weighted by Crippen LogP contribution is -2.45. The van der Waals surface area contributed by atoms with Gasteiger partial charge in [0.1, 0.15) is 12.4 Å². The fourth-order valence-corrected chi connectivity index (χ4v) is 2.86. The van der Waals surface area contributed by atoms with Crippen LogP contribution in [-0.4, -0.2) is 51.9 Å². The summed E-state index contributed by atoms with van der Waals surface area (Å²) in [5.41, 5.74) is 0.867. The van der Waals surface area contributed by atoms with E-state index in [0.717, 1.165) is 11.4 Å². The minimum Gasteiger partial charge on any atom is -0.366 e. The minimum atomic E-state index is -0.588. The van der Waals surface area contributed by atoms with E-state index in [2.05, 4.69) is 10.2 Å². The molecule has 2 aromatic rings. The number of morpholine rings is 1. The minimum absolute atomic E-state index is 0.0430. The number of ether oxygens (including phenoxy) is 2. The zero-order valence-electron chi connectivity index (χ0n) is 14.0. The van der Waals surface area contributed by atoms with Gasteiger partial charge in [-0.05, 0) is 12.5 Å². The molecule has 0 unspecified atom stereocenters. The Morgan fingerprint density at radius 2 is 2.21 bits per heavy atom. The highest BCUT2D eigenvalue weighted by molar-refractivity contribution is 5.82. The van der Waals surface area contributed by atoms with Crippen LogP contribution < -0.4 is 0 Å². The van der Waals surface area contributed by atoms with Crippen molar-refractivity contribution in [2.45, 2.75) is 19.1 Å². The number of aromatic nitrogens is 3. The summed E-state index contributed by atoms with van der Waals surface area (Å²) in [4.78, 5) is 14.8. The third kappa shape index (κ3) is 3.47. The Kier molecular flexibility index (Phi) is 5.22. The van der Waals surface area contributed by atoms with Gasteiger partial charge in [0.15, 0.2) is 11.9 Å². The van der Waals surface area contributed by atoms with Crippen molar-refractivity contribution < 1.29 is 14.3 Å². The third-order valence-electron chi connectivity index (χ3n) is 4.07. The molecule has 1 amide bonds. The van der Waals surface area contributed by atoms with E-state index in [0.29, 0.717) is 26.3 Å². The summed E-state index contributed by atoms with van der Waals surface area (Å²) < 4.78 is 13.3. The fraction of sp³-hybridized carbons (Fsp3) is 0.471. The molecule has 3 rings (SSSR count). The maximum Gasteiger partial charge on any atom is 0.256 e. The van der Waals surface area contributed by atoms with Gasteiger partial charge in [0.25, 0.3) is 5.91 Å². The predicted octanol–water partition coefficient (Wildman–Crippen LogP) is 1.49. The second-order valence-electron chi connectivity index (χ2n) is 5.69. The third-order valence-corrected chi connectivity index (χ3v) is 4.07. The number of nitrogens with zero attached hydrogens (tertiary/aromatic N) is 4. The number of hydrogen-bond donors (Lipinski definition) is 0. The first-order valence-corrected chi connectivity index (χ1v) is 8.11. The van der Waals surface area contributed by atoms with E-state index in [-0.39, 0.29) is 12.0 Å². The molecule has 0 spiro atoms. The van der Waals surface area contributed by atoms with Crippen LogP contribution in [0.1, 0.15) is 30.5 Å². The zero-order valence-corrected chi connectivity index (χ0v) is 14.0. The number of carbonyl (C=O) groups excluding carboxylic acids is 1. The van der Waals surface area contributed by atoms with Crippen molar-refractivity contribution in [2.75, 3.05) is 26.3 Å². The van der Waals surface area contributed by atoms with Gasteiger partial charge in [-0.25, -0.2) is 0 Å². The van der Waals surface area contributed by atoms with Crippen LogP contribution in [0.5, 0.6) is 0 Å². The summed E-state index contributed by atoms with van der Waals surface area (Å²) in [6.07, 6.45) is 0.773. The van der Waals surface area contributed by atoms with E-state index >= 15 is 0 Å². The van der Waals surface area contributed by atoms with Crippen molar-refractivity contribution in [3.05, 3.63) is 48.0 Å². The van der Waals surface area contributed by atoms with Gasteiger partial charge in [-0.1, -0.05) is 30.3 Å². The summed E-state index contributed by atoms with van der Waals surface area (Å²) >= 11 is 0. The molecule has 7 nitrogen and oxygen atoms in total. The lowest BCUT2D eigenvalue weighted by molar-refractivity contribution is -0.152. The van der Waals surface area contributed by atoms with Gasteiger partial charge in [-0.15, -0.1) is 10.2 Å². The van der Waals surface area contributed by atoms with Crippen LogP contribution >= 0.6 is 0 Å². The highest BCUT2D eigenvalue weighted by atomic mass is 16.5. The number of hydrogen-bond acceptors (Lipinski definition) is 5. The van der Waals surface area contributed by atoms with Gasteiger partial charge >= 0.3 is 0 Å². The SMILES string of the molecule is CCO[C@H](C(=O)N1CCO[C@@H](c2nncn2C)C1)c1ccccc1. The van der Waals surface area contributed by atoms with Crippen LogP contribution in [-0.2, 0) is 21.3 Å². The largest absolute Gasteiger partial charge is 0.366 e. The monoisotopic (exact) mass is 330 g/mol. The Morgan fingerprint density at radius 1 is 1.42 bits per heavy atom. The number of carbonyl (C=O) groups is 1. The van der Waals surface area contributed by atoms with Crippen LogP contribution in [0.2, 0.25) is 0 Å². The molecular formula is C17H22N4O3. The molecule has 1 aliphatic heterocycles. The molecule has 2 atom stereocenters. The molecule has 1 fully saturated rings. The zero-order chi connectivity index (χ0) is 16.9. The molecule has 1 aliphatic rings. The molecule has 2 heterocycles. The van der Waals surface area contributed by atoms with E-state index in [1.165, 1.54) is 0 Å². The Bertz CT molecular complexity index is 673. The molecule has 0 bridgehead atoms. The average molecular weight is 330 g/mol. The molecule has 1 aromatic carbocycles. The van der Waals surface area contributed by atoms with Crippen LogP contribution in [0.4, 0.5) is 0 Å². The highest BCUT2D eigenvalue weighted by Crippen LogP contribution is 2.25. The predicted molar refractivity (Wildman–Crippen MR) is 87.1 cm³/mol. The summed E-state index contributed by atoms with van der Waals surface area (Å²) in [5.74, 6) is 0.679. The van der Waals surface area contributed by atoms with Crippen molar-refractivity contribution in [1.82, 2.24) is 19.7 Å². The first kappa shape index (κ1) is 16.6. The summed E-state index contributed by atoms with van der Waals surface area (Å²) in [7, 11) is 1.87. The van der Waals surface area contributed by atoms with Crippen molar-refractivity contribution in [2.24, 2.45) is 7.05 Å². The molecular weight excluding hydrogens is 308 g/mol. The van der Waals surface area contributed by atoms with E-state index in [1.807, 2.05) is 48.9 Å². The van der Waals surface area contributed by atoms with E-state index in [1.54, 1.807) is 11.2 Å². The highest BCUT2D eigenvalue weighted by Gasteiger charge is 2.32. The van der Waals surface area contributed by atoms with Gasteiger partial charge in [0, 0.05) is 20.2 Å². The number of rotatable bonds is 5. The molecule has 1 saturated heterocycles. The Labute approximate surface area is 141 Å². The van der Waals surface area contributed by atoms with Gasteiger partial charge in [0.05, 0.1) is 13.2 Å². The van der Waals surface area contributed by atoms with Crippen LogP contribution in [0.3, 0.4) is 0 Å². The second-order valence-corrected chi connectivity index (χ2v) is 5.69. The lowest BCUT2D eigenvalue weighted by Gasteiger charge is -2.34. The van der Waals surface area contributed by atoms with E-state index < -0.39 is 6.10 Å². The Hall–Kier alpha value is -2.25. The summed E-state index contributed by atoms with van der Waals surface area (Å²) in [5, 5.41) is 7.98. The summed E-state index contributed by atoms with van der Waals surface area (Å²) in [6.45, 7) is 3.83. The van der Waals surface area contributed by atoms with E-state index in [9.17, 15) is 4.79 Å². The maximum atomic E-state index is 13.0. The normalized spacial score (nSPS) is 19.2. The van der Waals surface area contributed by atoms with Gasteiger partial charge in [-0.3, -0.25) is 4.79 Å². The lowest BCUT2D eigenvalue weighted by atomic mass is 10.1. The van der Waals surface area contributed by atoms with Gasteiger partial charge in [0.2, 0.25) is 0 Å². The van der Waals surface area contributed by atoms with Gasteiger partial charge < -0.3 is 18.9 Å². The molecule has 0 saturated carbocycles. The first-order chi connectivity index (χ1) is 11.7. The van der Waals surface area contributed by atoms with Crippen molar-refractivity contribution in [3.63, 3.8) is 0 Å². The number of aryl methyl sites for hydroxylation is 1. The molecule has 1 aromatic heterocycles. The van der Waals surface area contributed by atoms with Crippen molar-refractivity contribution >= 4 is 5.91 Å². The maximum absolute atomic E-state index is 13.0. The van der Waals surface area contributed by atoms with Crippen LogP contribution in [0, 0.1) is 0 Å². The number of amides is 1. The molecule has 0 N–H and O–H groups in total. The second kappa shape index (κ2) is 7.55. The number of benzene rings is 1. The van der Waals surface area contributed by atoms with Crippen LogP contribution in [0.15, 0.2) is 36.7 Å². The Balaban J connectivity index is 1.76. The fourth-order valence-electron chi connectivity index (χ4n) is 2.86. The molecule has 128 valence electrons. The van der Waals surface area contributed by atoms with Crippen molar-refractivity contribution in [3.8, 4) is 0 Å². The molecule has 0 radical (unpaired) electrons. The quantitative estimate of drug-likeness (QED) is 0.831. The molecule has 0 aliphatic carbocycles. The topological polar surface area (TPSA) is 69.5 Å². The van der Waals surface area contributed by atoms with Crippen LogP contribution in [0.25, 0.3) is 0 Å². The Morgan fingerprint density at radius 3 is 2.88 bits per heavy atom. The van der Waals surface area contributed by atoms with E-state index in [4.69, 9.17) is 9.47 Å². The smallest absolute Gasteiger partial charge is 0.256 e. The average Bonchev–Trinajstić information content (AvgIpc) is 3.06. The molecule has 24 heavy (non-hydrogen) atoms. The molecule has 7 heteroatoms.